The molecule has 0 saturated heterocycles. The zero-order valence-electron chi connectivity index (χ0n) is 9.76. The minimum atomic E-state index is -3.50. The molecule has 1 aromatic heterocycles. The van der Waals surface area contributed by atoms with Gasteiger partial charge in [0.2, 0.25) is 5.91 Å². The predicted molar refractivity (Wildman–Crippen MR) is 74.0 cm³/mol. The van der Waals surface area contributed by atoms with Crippen LogP contribution in [0.5, 0.6) is 0 Å². The molecule has 1 atom stereocenters. The van der Waals surface area contributed by atoms with E-state index in [0.717, 1.165) is 4.47 Å². The van der Waals surface area contributed by atoms with Gasteiger partial charge in [-0.2, -0.15) is 0 Å². The van der Waals surface area contributed by atoms with Gasteiger partial charge in [-0.05, 0) is 35.0 Å². The molecule has 5 nitrogen and oxygen atoms in total. The van der Waals surface area contributed by atoms with E-state index >= 15 is 0 Å². The van der Waals surface area contributed by atoms with Crippen molar-refractivity contribution in [3.05, 3.63) is 35.5 Å². The number of nitrogens with zero attached hydrogens (tertiary/aromatic N) is 1. The number of hydrogen-bond donors (Lipinski definition) is 1. The molecule has 0 fully saturated rings. The molecule has 1 heterocycles. The second-order valence-electron chi connectivity index (χ2n) is 3.61. The Hall–Kier alpha value is -1.21. The van der Waals surface area contributed by atoms with Crippen LogP contribution in [0, 0.1) is 0 Å². The Morgan fingerprint density at radius 1 is 1.61 bits per heavy atom. The van der Waals surface area contributed by atoms with Gasteiger partial charge in [-0.25, -0.2) is 13.4 Å². The molecule has 1 unspecified atom stereocenters. The lowest BCUT2D eigenvalue weighted by Crippen LogP contribution is -2.33. The normalized spacial score (nSPS) is 12.8. The van der Waals surface area contributed by atoms with Gasteiger partial charge in [0.15, 0.2) is 9.84 Å². The molecule has 18 heavy (non-hydrogen) atoms. The van der Waals surface area contributed by atoms with E-state index in [1.807, 2.05) is 0 Å². The molecular weight excluding hydrogens is 320 g/mol. The van der Waals surface area contributed by atoms with Crippen LogP contribution in [-0.4, -0.2) is 30.3 Å². The van der Waals surface area contributed by atoms with Crippen molar-refractivity contribution in [2.24, 2.45) is 0 Å². The fourth-order valence-electron chi connectivity index (χ4n) is 1.15. The van der Waals surface area contributed by atoms with E-state index < -0.39 is 21.0 Å². The topological polar surface area (TPSA) is 76.1 Å². The van der Waals surface area contributed by atoms with Crippen molar-refractivity contribution in [1.29, 1.82) is 0 Å². The summed E-state index contributed by atoms with van der Waals surface area (Å²) in [4.78, 5) is 15.7. The van der Waals surface area contributed by atoms with E-state index in [1.54, 1.807) is 12.1 Å². The van der Waals surface area contributed by atoms with E-state index in [0.29, 0.717) is 5.82 Å². The maximum absolute atomic E-state index is 11.7. The van der Waals surface area contributed by atoms with Crippen LogP contribution in [-0.2, 0) is 14.6 Å². The largest absolute Gasteiger partial charge is 0.310 e. The van der Waals surface area contributed by atoms with Crippen LogP contribution in [0.3, 0.4) is 0 Å². The van der Waals surface area contributed by atoms with Crippen molar-refractivity contribution >= 4 is 37.5 Å². The van der Waals surface area contributed by atoms with E-state index in [1.165, 1.54) is 19.2 Å². The summed E-state index contributed by atoms with van der Waals surface area (Å²) in [5.74, 6) is -0.523. The molecule has 7 heteroatoms. The SMILES string of the molecule is C=CCS(=O)(=O)C(C)C(=O)Nc1ccc(Br)cn1. The monoisotopic (exact) mass is 332 g/mol. The van der Waals surface area contributed by atoms with Crippen LogP contribution in [0.2, 0.25) is 0 Å². The first-order chi connectivity index (χ1) is 8.36. The molecule has 98 valence electrons. The highest BCUT2D eigenvalue weighted by Crippen LogP contribution is 2.12. The number of pyridine rings is 1. The third-order valence-corrected chi connectivity index (χ3v) is 4.70. The minimum absolute atomic E-state index is 0.227. The van der Waals surface area contributed by atoms with Gasteiger partial charge in [0.25, 0.3) is 0 Å². The lowest BCUT2D eigenvalue weighted by atomic mass is 10.4. The first kappa shape index (κ1) is 14.8. The van der Waals surface area contributed by atoms with Gasteiger partial charge in [-0.3, -0.25) is 4.79 Å². The van der Waals surface area contributed by atoms with Crippen molar-refractivity contribution < 1.29 is 13.2 Å². The smallest absolute Gasteiger partial charge is 0.243 e. The van der Waals surface area contributed by atoms with E-state index in [9.17, 15) is 13.2 Å². The highest BCUT2D eigenvalue weighted by Gasteiger charge is 2.26. The predicted octanol–water partition coefficient (Wildman–Crippen LogP) is 1.77. The van der Waals surface area contributed by atoms with Gasteiger partial charge >= 0.3 is 0 Å². The van der Waals surface area contributed by atoms with Crippen LogP contribution in [0.15, 0.2) is 35.5 Å². The summed E-state index contributed by atoms with van der Waals surface area (Å²) in [7, 11) is -3.50. The average molecular weight is 333 g/mol. The van der Waals surface area contributed by atoms with Gasteiger partial charge in [-0.1, -0.05) is 6.08 Å². The number of hydrogen-bond acceptors (Lipinski definition) is 4. The van der Waals surface area contributed by atoms with Gasteiger partial charge in [-0.15, -0.1) is 6.58 Å². The number of anilines is 1. The lowest BCUT2D eigenvalue weighted by Gasteiger charge is -2.11. The number of halogens is 1. The van der Waals surface area contributed by atoms with Crippen molar-refractivity contribution in [2.75, 3.05) is 11.1 Å². The number of sulfone groups is 1. The van der Waals surface area contributed by atoms with E-state index in [2.05, 4.69) is 32.8 Å². The zero-order valence-corrected chi connectivity index (χ0v) is 12.2. The number of amides is 1. The molecule has 0 bridgehead atoms. The third kappa shape index (κ3) is 3.92. The van der Waals surface area contributed by atoms with Crippen molar-refractivity contribution in [2.45, 2.75) is 12.2 Å². The summed E-state index contributed by atoms with van der Waals surface area (Å²) >= 11 is 3.21. The van der Waals surface area contributed by atoms with E-state index in [-0.39, 0.29) is 5.75 Å². The number of carbonyl (C=O) groups is 1. The molecule has 0 aliphatic carbocycles. The number of carbonyl (C=O) groups excluding carboxylic acids is 1. The molecule has 1 rings (SSSR count). The molecule has 1 aromatic rings. The van der Waals surface area contributed by atoms with Crippen molar-refractivity contribution in [3.8, 4) is 0 Å². The minimum Gasteiger partial charge on any atom is -0.310 e. The Labute approximate surface area is 114 Å². The Bertz CT molecular complexity index is 540. The molecule has 0 aromatic carbocycles. The zero-order chi connectivity index (χ0) is 13.8. The van der Waals surface area contributed by atoms with Crippen molar-refractivity contribution in [3.63, 3.8) is 0 Å². The Morgan fingerprint density at radius 3 is 2.78 bits per heavy atom. The highest BCUT2D eigenvalue weighted by atomic mass is 79.9. The van der Waals surface area contributed by atoms with Crippen LogP contribution >= 0.6 is 15.9 Å². The number of aromatic nitrogens is 1. The fraction of sp³-hybridized carbons (Fsp3) is 0.273. The quantitative estimate of drug-likeness (QED) is 0.834. The molecule has 1 amide bonds. The summed E-state index contributed by atoms with van der Waals surface area (Å²) in [6.07, 6.45) is 2.77. The summed E-state index contributed by atoms with van der Waals surface area (Å²) in [6, 6.07) is 3.28. The summed E-state index contributed by atoms with van der Waals surface area (Å²) in [5, 5.41) is 1.31. The molecule has 0 saturated carbocycles. The first-order valence-corrected chi connectivity index (χ1v) is 7.62. The fourth-order valence-corrected chi connectivity index (χ4v) is 2.39. The van der Waals surface area contributed by atoms with Gasteiger partial charge in [0.05, 0.1) is 5.75 Å². The second kappa shape index (κ2) is 6.10. The standard InChI is InChI=1S/C11H13BrN2O3S/c1-3-6-18(16,17)8(2)11(15)14-10-5-4-9(12)7-13-10/h3-5,7-8H,1,6H2,2H3,(H,13,14,15). The molecule has 0 spiro atoms. The molecule has 0 radical (unpaired) electrons. The number of rotatable bonds is 5. The Morgan fingerprint density at radius 2 is 2.28 bits per heavy atom. The maximum Gasteiger partial charge on any atom is 0.243 e. The maximum atomic E-state index is 11.7. The highest BCUT2D eigenvalue weighted by molar-refractivity contribution is 9.10. The van der Waals surface area contributed by atoms with Crippen LogP contribution in [0.4, 0.5) is 5.82 Å². The van der Waals surface area contributed by atoms with Gasteiger partial charge in [0.1, 0.15) is 11.1 Å². The first-order valence-electron chi connectivity index (χ1n) is 5.11. The molecular formula is C11H13BrN2O3S. The summed E-state index contributed by atoms with van der Waals surface area (Å²) in [6.45, 7) is 4.69. The van der Waals surface area contributed by atoms with Gasteiger partial charge in [0, 0.05) is 10.7 Å². The Balaban J connectivity index is 2.77. The van der Waals surface area contributed by atoms with Crippen LogP contribution in [0.25, 0.3) is 0 Å². The summed E-state index contributed by atoms with van der Waals surface area (Å²) < 4.78 is 24.1. The lowest BCUT2D eigenvalue weighted by molar-refractivity contribution is -0.115. The summed E-state index contributed by atoms with van der Waals surface area (Å²) in [5.41, 5.74) is 0. The van der Waals surface area contributed by atoms with Gasteiger partial charge < -0.3 is 5.32 Å². The van der Waals surface area contributed by atoms with Crippen LogP contribution in [0.1, 0.15) is 6.92 Å². The molecule has 0 aliphatic rings. The molecule has 0 aliphatic heterocycles. The number of nitrogens with one attached hydrogen (secondary N) is 1. The van der Waals surface area contributed by atoms with E-state index in [4.69, 9.17) is 0 Å². The second-order valence-corrected chi connectivity index (χ2v) is 6.89. The Kier molecular flexibility index (Phi) is 5.03. The average Bonchev–Trinajstić information content (AvgIpc) is 2.31. The molecule has 1 N–H and O–H groups in total. The third-order valence-electron chi connectivity index (χ3n) is 2.24. The van der Waals surface area contributed by atoms with Crippen LogP contribution < -0.4 is 5.32 Å². The van der Waals surface area contributed by atoms with Crippen molar-refractivity contribution in [1.82, 2.24) is 4.98 Å².